The first-order valence-electron chi connectivity index (χ1n) is 11.2. The summed E-state index contributed by atoms with van der Waals surface area (Å²) in [5.74, 6) is -0.406. The Bertz CT molecular complexity index is 1150. The number of hydrogen-bond acceptors (Lipinski definition) is 6. The lowest BCUT2D eigenvalue weighted by atomic mass is 9.82. The fraction of sp³-hybridized carbons (Fsp3) is 0.440. The van der Waals surface area contributed by atoms with Crippen molar-refractivity contribution < 1.29 is 33.6 Å². The third kappa shape index (κ3) is 3.70. The van der Waals surface area contributed by atoms with Crippen LogP contribution in [0.3, 0.4) is 0 Å². The number of hydrogen-bond donors (Lipinski definition) is 1. The number of amides is 1. The number of carbonyl (C=O) groups is 2. The fourth-order valence-electron chi connectivity index (χ4n) is 4.77. The lowest BCUT2D eigenvalue weighted by Crippen LogP contribution is -2.55. The van der Waals surface area contributed by atoms with E-state index in [0.29, 0.717) is 46.8 Å². The first-order valence-corrected chi connectivity index (χ1v) is 11.6. The summed E-state index contributed by atoms with van der Waals surface area (Å²) in [6.45, 7) is 7.12. The maximum atomic E-state index is 13.6. The number of allylic oxidation sites excluding steroid dienone is 2. The van der Waals surface area contributed by atoms with E-state index in [0.717, 1.165) is 5.56 Å². The highest BCUT2D eigenvalue weighted by atomic mass is 35.5. The molecule has 1 aromatic rings. The predicted molar refractivity (Wildman–Crippen MR) is 122 cm³/mol. The van der Waals surface area contributed by atoms with Gasteiger partial charge in [-0.2, -0.15) is 0 Å². The maximum absolute atomic E-state index is 13.6. The van der Waals surface area contributed by atoms with E-state index in [1.165, 1.54) is 0 Å². The molecule has 0 fully saturated rings. The second-order valence-corrected chi connectivity index (χ2v) is 10.1. The lowest BCUT2D eigenvalue weighted by Gasteiger charge is -2.46. The minimum atomic E-state index is -1.18. The van der Waals surface area contributed by atoms with Crippen molar-refractivity contribution in [3.8, 4) is 11.5 Å². The van der Waals surface area contributed by atoms with Crippen molar-refractivity contribution in [2.24, 2.45) is 5.41 Å². The normalized spacial score (nSPS) is 25.9. The van der Waals surface area contributed by atoms with Crippen LogP contribution in [-0.2, 0) is 19.1 Å². The maximum Gasteiger partial charge on any atom is 0.307 e. The van der Waals surface area contributed by atoms with Crippen LogP contribution in [0.15, 0.2) is 52.6 Å². The molecule has 0 radical (unpaired) electrons. The summed E-state index contributed by atoms with van der Waals surface area (Å²) in [6.07, 6.45) is 1.73. The minimum absolute atomic E-state index is 0.238. The van der Waals surface area contributed by atoms with Gasteiger partial charge < -0.3 is 24.1 Å². The molecule has 3 atom stereocenters. The summed E-state index contributed by atoms with van der Waals surface area (Å²) < 4.78 is 23.7. The number of aliphatic carboxylic acids is 1. The van der Waals surface area contributed by atoms with Crippen LogP contribution in [0, 0.1) is 5.41 Å². The molecular formula is C25H26ClNO7. The Labute approximate surface area is 202 Å². The van der Waals surface area contributed by atoms with Gasteiger partial charge in [0.05, 0.1) is 40.9 Å². The Hall–Kier alpha value is -3.13. The van der Waals surface area contributed by atoms with Gasteiger partial charge in [-0.1, -0.05) is 44.5 Å². The number of rotatable bonds is 3. The average Bonchev–Trinajstić information content (AvgIpc) is 2.99. The summed E-state index contributed by atoms with van der Waals surface area (Å²) in [5.41, 5.74) is 1.44. The van der Waals surface area contributed by atoms with Gasteiger partial charge in [0.15, 0.2) is 17.6 Å². The minimum Gasteiger partial charge on any atom is -0.498 e. The predicted octanol–water partition coefficient (Wildman–Crippen LogP) is 3.92. The van der Waals surface area contributed by atoms with Gasteiger partial charge in [-0.3, -0.25) is 14.5 Å². The quantitative estimate of drug-likeness (QED) is 0.690. The largest absolute Gasteiger partial charge is 0.498 e. The summed E-state index contributed by atoms with van der Waals surface area (Å²) in [5, 5.41) is 9.90. The molecule has 3 aliphatic heterocycles. The highest BCUT2D eigenvalue weighted by molar-refractivity contribution is 6.32. The zero-order valence-corrected chi connectivity index (χ0v) is 19.9. The standard InChI is InChI=1S/C25H26ClNO7/c1-25(2,3)19-12-31-11-15-16(26)9-14(13-5-4-6-17-22(13)33-8-7-32-17)23-21(15)27(19)24(30)18(34-23)10-20(28)29/h4-6,9,11,14,18-19H,7-8,10,12H2,1-3H3,(H,28,29)/t14-,18+,19-/m0/s1. The van der Waals surface area contributed by atoms with Gasteiger partial charge in [-0.15, -0.1) is 0 Å². The molecule has 0 aromatic heterocycles. The molecule has 4 aliphatic rings. The summed E-state index contributed by atoms with van der Waals surface area (Å²) >= 11 is 6.75. The molecule has 1 aromatic carbocycles. The molecule has 5 rings (SSSR count). The number of fused-ring (bicyclic) bond motifs is 1. The zero-order chi connectivity index (χ0) is 24.2. The Balaban J connectivity index is 1.72. The molecule has 8 nitrogen and oxygen atoms in total. The number of carbonyl (C=O) groups excluding carboxylic acids is 1. The van der Waals surface area contributed by atoms with Gasteiger partial charge in [-0.05, 0) is 17.6 Å². The number of benzene rings is 1. The van der Waals surface area contributed by atoms with Crippen molar-refractivity contribution in [1.29, 1.82) is 0 Å². The SMILES string of the molecule is CC(C)(C)[C@@H]1COC=C2C(Cl)=C[C@@H](c3cccc4c3OCCO4)C3=C2N1C(=O)[C@@H](CC(=O)O)O3. The van der Waals surface area contributed by atoms with Crippen LogP contribution >= 0.6 is 11.6 Å². The van der Waals surface area contributed by atoms with Crippen LogP contribution in [0.2, 0.25) is 0 Å². The topological polar surface area (TPSA) is 94.5 Å². The first kappa shape index (κ1) is 22.7. The van der Waals surface area contributed by atoms with Crippen LogP contribution < -0.4 is 9.47 Å². The van der Waals surface area contributed by atoms with E-state index in [4.69, 9.17) is 30.5 Å². The van der Waals surface area contributed by atoms with Gasteiger partial charge in [0.1, 0.15) is 25.6 Å². The second kappa shape index (κ2) is 8.27. The summed E-state index contributed by atoms with van der Waals surface area (Å²) in [6, 6.07) is 5.21. The highest BCUT2D eigenvalue weighted by Crippen LogP contribution is 2.51. The van der Waals surface area contributed by atoms with E-state index < -0.39 is 30.3 Å². The lowest BCUT2D eigenvalue weighted by molar-refractivity contribution is -0.155. The number of nitrogens with zero attached hydrogens (tertiary/aromatic N) is 1. The Morgan fingerprint density at radius 3 is 2.74 bits per heavy atom. The molecule has 0 saturated carbocycles. The van der Waals surface area contributed by atoms with Crippen molar-refractivity contribution >= 4 is 23.5 Å². The van der Waals surface area contributed by atoms with Crippen molar-refractivity contribution in [1.82, 2.24) is 4.90 Å². The van der Waals surface area contributed by atoms with Crippen molar-refractivity contribution in [2.45, 2.75) is 45.3 Å². The monoisotopic (exact) mass is 487 g/mol. The molecule has 0 bridgehead atoms. The van der Waals surface area contributed by atoms with Gasteiger partial charge in [0.2, 0.25) is 0 Å². The number of ether oxygens (including phenoxy) is 4. The molecule has 180 valence electrons. The van der Waals surface area contributed by atoms with E-state index in [1.54, 1.807) is 11.2 Å². The number of carboxylic acid groups (broad SMARTS) is 1. The summed E-state index contributed by atoms with van der Waals surface area (Å²) in [4.78, 5) is 26.9. The molecular weight excluding hydrogens is 462 g/mol. The Kier molecular flexibility index (Phi) is 5.51. The molecule has 0 unspecified atom stereocenters. The highest BCUT2D eigenvalue weighted by Gasteiger charge is 2.50. The van der Waals surface area contributed by atoms with Gasteiger partial charge in [0, 0.05) is 5.56 Å². The van der Waals surface area contributed by atoms with E-state index in [-0.39, 0.29) is 18.1 Å². The van der Waals surface area contributed by atoms with Gasteiger partial charge in [0.25, 0.3) is 5.91 Å². The van der Waals surface area contributed by atoms with Gasteiger partial charge >= 0.3 is 5.97 Å². The molecule has 9 heteroatoms. The molecule has 1 N–H and O–H groups in total. The van der Waals surface area contributed by atoms with Crippen LogP contribution in [0.25, 0.3) is 0 Å². The number of para-hydroxylation sites is 1. The number of carboxylic acids is 1. The fourth-order valence-corrected chi connectivity index (χ4v) is 5.03. The van der Waals surface area contributed by atoms with Gasteiger partial charge in [-0.25, -0.2) is 0 Å². The molecule has 0 spiro atoms. The molecule has 3 heterocycles. The third-order valence-electron chi connectivity index (χ3n) is 6.42. The molecule has 34 heavy (non-hydrogen) atoms. The molecule has 0 saturated heterocycles. The second-order valence-electron chi connectivity index (χ2n) is 9.74. The van der Waals surface area contributed by atoms with Crippen LogP contribution in [0.4, 0.5) is 0 Å². The zero-order valence-electron chi connectivity index (χ0n) is 19.2. The van der Waals surface area contributed by atoms with Crippen molar-refractivity contribution in [2.75, 3.05) is 19.8 Å². The van der Waals surface area contributed by atoms with E-state index >= 15 is 0 Å². The van der Waals surface area contributed by atoms with Crippen molar-refractivity contribution in [3.63, 3.8) is 0 Å². The van der Waals surface area contributed by atoms with E-state index in [9.17, 15) is 14.7 Å². The van der Waals surface area contributed by atoms with E-state index in [1.807, 2.05) is 45.0 Å². The number of halogens is 1. The van der Waals surface area contributed by atoms with Crippen LogP contribution in [0.5, 0.6) is 11.5 Å². The average molecular weight is 488 g/mol. The Morgan fingerprint density at radius 2 is 2.00 bits per heavy atom. The third-order valence-corrected chi connectivity index (χ3v) is 6.75. The smallest absolute Gasteiger partial charge is 0.307 e. The summed E-state index contributed by atoms with van der Waals surface area (Å²) in [7, 11) is 0. The molecule has 1 aliphatic carbocycles. The van der Waals surface area contributed by atoms with Crippen LogP contribution in [-0.4, -0.2) is 53.8 Å². The van der Waals surface area contributed by atoms with E-state index in [2.05, 4.69) is 0 Å². The van der Waals surface area contributed by atoms with Crippen molar-refractivity contribution in [3.05, 3.63) is 58.2 Å². The van der Waals surface area contributed by atoms with Crippen LogP contribution in [0.1, 0.15) is 38.7 Å². The Morgan fingerprint density at radius 1 is 1.24 bits per heavy atom. The molecule has 1 amide bonds. The first-order chi connectivity index (χ1) is 16.2.